The minimum atomic E-state index is 0.233. The molecule has 1 atom stereocenters. The standard InChI is InChI=1S/C19H34N2/c1-15(2)21(7)14-8-13-20-16(3)17-9-11-18(12-10-17)19(4,5)6/h9-12,15-16,20H,8,13-14H2,1-7H3. The van der Waals surface area contributed by atoms with Gasteiger partial charge in [0.1, 0.15) is 0 Å². The minimum Gasteiger partial charge on any atom is -0.310 e. The van der Waals surface area contributed by atoms with Gasteiger partial charge in [0.2, 0.25) is 0 Å². The van der Waals surface area contributed by atoms with E-state index in [2.05, 4.69) is 83.1 Å². The Balaban J connectivity index is 2.40. The van der Waals surface area contributed by atoms with Crippen LogP contribution >= 0.6 is 0 Å². The van der Waals surface area contributed by atoms with Gasteiger partial charge in [-0.3, -0.25) is 0 Å². The Kier molecular flexibility index (Phi) is 6.89. The van der Waals surface area contributed by atoms with Gasteiger partial charge in [0.25, 0.3) is 0 Å². The summed E-state index contributed by atoms with van der Waals surface area (Å²) in [6, 6.07) is 10.1. The minimum absolute atomic E-state index is 0.233. The van der Waals surface area contributed by atoms with Gasteiger partial charge in [-0.05, 0) is 63.9 Å². The third-order valence-corrected chi connectivity index (χ3v) is 4.30. The Morgan fingerprint density at radius 1 is 1.05 bits per heavy atom. The molecule has 0 radical (unpaired) electrons. The van der Waals surface area contributed by atoms with Crippen molar-refractivity contribution in [3.05, 3.63) is 35.4 Å². The van der Waals surface area contributed by atoms with Crippen LogP contribution in [0.5, 0.6) is 0 Å². The summed E-state index contributed by atoms with van der Waals surface area (Å²) < 4.78 is 0. The summed E-state index contributed by atoms with van der Waals surface area (Å²) in [5.74, 6) is 0. The van der Waals surface area contributed by atoms with E-state index in [9.17, 15) is 0 Å². The van der Waals surface area contributed by atoms with Crippen molar-refractivity contribution in [2.24, 2.45) is 0 Å². The molecule has 0 saturated carbocycles. The number of rotatable bonds is 7. The van der Waals surface area contributed by atoms with Crippen LogP contribution in [0.4, 0.5) is 0 Å². The zero-order valence-electron chi connectivity index (χ0n) is 15.0. The lowest BCUT2D eigenvalue weighted by atomic mass is 9.86. The number of nitrogens with one attached hydrogen (secondary N) is 1. The maximum absolute atomic E-state index is 3.62. The molecule has 1 rings (SSSR count). The second-order valence-corrected chi connectivity index (χ2v) is 7.48. The van der Waals surface area contributed by atoms with E-state index in [1.54, 1.807) is 0 Å². The van der Waals surface area contributed by atoms with Crippen LogP contribution < -0.4 is 5.32 Å². The predicted octanol–water partition coefficient (Wildman–Crippen LogP) is 4.37. The van der Waals surface area contributed by atoms with Crippen molar-refractivity contribution in [3.8, 4) is 0 Å². The van der Waals surface area contributed by atoms with Gasteiger partial charge in [0.05, 0.1) is 0 Å². The van der Waals surface area contributed by atoms with Crippen LogP contribution in [0.3, 0.4) is 0 Å². The van der Waals surface area contributed by atoms with Crippen molar-refractivity contribution in [1.29, 1.82) is 0 Å². The van der Waals surface area contributed by atoms with E-state index in [1.165, 1.54) is 17.5 Å². The van der Waals surface area contributed by atoms with E-state index in [0.29, 0.717) is 12.1 Å². The SMILES string of the molecule is CC(NCCCN(C)C(C)C)c1ccc(C(C)(C)C)cc1. The van der Waals surface area contributed by atoms with Crippen LogP contribution in [-0.2, 0) is 5.41 Å². The first-order valence-electron chi connectivity index (χ1n) is 8.26. The van der Waals surface area contributed by atoms with Crippen LogP contribution in [0.1, 0.15) is 65.1 Å². The molecule has 0 amide bonds. The van der Waals surface area contributed by atoms with E-state index in [4.69, 9.17) is 0 Å². The van der Waals surface area contributed by atoms with Crippen molar-refractivity contribution in [2.45, 2.75) is 65.5 Å². The first-order chi connectivity index (χ1) is 9.71. The molecular weight excluding hydrogens is 256 g/mol. The average Bonchev–Trinajstić information content (AvgIpc) is 2.42. The third-order valence-electron chi connectivity index (χ3n) is 4.30. The molecule has 0 aliphatic rings. The summed E-state index contributed by atoms with van der Waals surface area (Å²) in [5.41, 5.74) is 3.01. The van der Waals surface area contributed by atoms with Gasteiger partial charge in [-0.1, -0.05) is 45.0 Å². The Bertz CT molecular complexity index is 401. The van der Waals surface area contributed by atoms with E-state index >= 15 is 0 Å². The number of nitrogens with zero attached hydrogens (tertiary/aromatic N) is 1. The van der Waals surface area contributed by atoms with Crippen molar-refractivity contribution < 1.29 is 0 Å². The molecule has 0 fully saturated rings. The first-order valence-corrected chi connectivity index (χ1v) is 8.26. The first kappa shape index (κ1) is 18.2. The van der Waals surface area contributed by atoms with Gasteiger partial charge in [0.15, 0.2) is 0 Å². The maximum atomic E-state index is 3.62. The van der Waals surface area contributed by atoms with Crippen LogP contribution in [-0.4, -0.2) is 31.1 Å². The molecule has 2 nitrogen and oxygen atoms in total. The molecule has 2 heteroatoms. The molecule has 21 heavy (non-hydrogen) atoms. The highest BCUT2D eigenvalue weighted by atomic mass is 15.1. The lowest BCUT2D eigenvalue weighted by Gasteiger charge is -2.22. The fourth-order valence-electron chi connectivity index (χ4n) is 2.29. The van der Waals surface area contributed by atoms with Crippen LogP contribution in [0.15, 0.2) is 24.3 Å². The van der Waals surface area contributed by atoms with Gasteiger partial charge >= 0.3 is 0 Å². The molecule has 0 saturated heterocycles. The van der Waals surface area contributed by atoms with Gasteiger partial charge in [-0.25, -0.2) is 0 Å². The summed E-state index contributed by atoms with van der Waals surface area (Å²) in [7, 11) is 2.19. The molecule has 0 aliphatic carbocycles. The highest BCUT2D eigenvalue weighted by Gasteiger charge is 2.13. The van der Waals surface area contributed by atoms with Crippen LogP contribution in [0, 0.1) is 0 Å². The zero-order chi connectivity index (χ0) is 16.0. The van der Waals surface area contributed by atoms with Gasteiger partial charge in [-0.2, -0.15) is 0 Å². The molecule has 0 aliphatic heterocycles. The normalized spacial score (nSPS) is 14.0. The van der Waals surface area contributed by atoms with E-state index in [0.717, 1.165) is 13.1 Å². The van der Waals surface area contributed by atoms with Crippen LogP contribution in [0.2, 0.25) is 0 Å². The quantitative estimate of drug-likeness (QED) is 0.750. The topological polar surface area (TPSA) is 15.3 Å². The fraction of sp³-hybridized carbons (Fsp3) is 0.684. The Morgan fingerprint density at radius 2 is 1.62 bits per heavy atom. The molecule has 1 N–H and O–H groups in total. The highest BCUT2D eigenvalue weighted by molar-refractivity contribution is 5.28. The third kappa shape index (κ3) is 6.19. The highest BCUT2D eigenvalue weighted by Crippen LogP contribution is 2.23. The molecular formula is C19H34N2. The van der Waals surface area contributed by atoms with Gasteiger partial charge in [0, 0.05) is 12.1 Å². The lowest BCUT2D eigenvalue weighted by molar-refractivity contribution is 0.268. The second kappa shape index (κ2) is 7.95. The molecule has 0 heterocycles. The van der Waals surface area contributed by atoms with Crippen molar-refractivity contribution in [1.82, 2.24) is 10.2 Å². The summed E-state index contributed by atoms with van der Waals surface area (Å²) in [4.78, 5) is 2.39. The van der Waals surface area contributed by atoms with E-state index in [-0.39, 0.29) is 5.41 Å². The summed E-state index contributed by atoms with van der Waals surface area (Å²) in [6.45, 7) is 15.7. The Hall–Kier alpha value is -0.860. The largest absolute Gasteiger partial charge is 0.310 e. The Labute approximate surface area is 131 Å². The smallest absolute Gasteiger partial charge is 0.0291 e. The molecule has 1 aromatic carbocycles. The van der Waals surface area contributed by atoms with Gasteiger partial charge in [-0.15, -0.1) is 0 Å². The summed E-state index contributed by atoms with van der Waals surface area (Å²) in [5, 5.41) is 3.62. The molecule has 0 aromatic heterocycles. The number of hydrogen-bond acceptors (Lipinski definition) is 2. The average molecular weight is 290 g/mol. The second-order valence-electron chi connectivity index (χ2n) is 7.48. The lowest BCUT2D eigenvalue weighted by Crippen LogP contribution is -2.30. The van der Waals surface area contributed by atoms with Crippen molar-refractivity contribution in [3.63, 3.8) is 0 Å². The molecule has 1 unspecified atom stereocenters. The van der Waals surface area contributed by atoms with E-state index < -0.39 is 0 Å². The van der Waals surface area contributed by atoms with Crippen molar-refractivity contribution in [2.75, 3.05) is 20.1 Å². The summed E-state index contributed by atoms with van der Waals surface area (Å²) in [6.07, 6.45) is 1.19. The van der Waals surface area contributed by atoms with Crippen LogP contribution in [0.25, 0.3) is 0 Å². The molecule has 0 spiro atoms. The zero-order valence-corrected chi connectivity index (χ0v) is 15.0. The van der Waals surface area contributed by atoms with Gasteiger partial charge < -0.3 is 10.2 Å². The fourth-order valence-corrected chi connectivity index (χ4v) is 2.29. The summed E-state index contributed by atoms with van der Waals surface area (Å²) >= 11 is 0. The van der Waals surface area contributed by atoms with Crippen molar-refractivity contribution >= 4 is 0 Å². The number of benzene rings is 1. The molecule has 1 aromatic rings. The number of hydrogen-bond donors (Lipinski definition) is 1. The monoisotopic (exact) mass is 290 g/mol. The molecule has 0 bridgehead atoms. The predicted molar refractivity (Wildman–Crippen MR) is 93.9 cm³/mol. The Morgan fingerprint density at radius 3 is 2.10 bits per heavy atom. The molecule has 120 valence electrons. The van der Waals surface area contributed by atoms with E-state index in [1.807, 2.05) is 0 Å². The maximum Gasteiger partial charge on any atom is 0.0291 e.